The number of nitrogens with one attached hydrogen (secondary N) is 2. The summed E-state index contributed by atoms with van der Waals surface area (Å²) in [6, 6.07) is 12.1. The molecular formula is C19H17N3O3S2. The summed E-state index contributed by atoms with van der Waals surface area (Å²) < 4.78 is 0. The molecule has 2 heterocycles. The molecule has 0 radical (unpaired) electrons. The Hall–Kier alpha value is -2.97. The van der Waals surface area contributed by atoms with Crippen LogP contribution in [0.5, 0.6) is 0 Å². The maximum Gasteiger partial charge on any atom is 0.261 e. The number of rotatable bonds is 6. The van der Waals surface area contributed by atoms with Crippen LogP contribution >= 0.6 is 22.7 Å². The second-order valence-electron chi connectivity index (χ2n) is 5.76. The molecule has 0 aliphatic carbocycles. The third-order valence-corrected chi connectivity index (χ3v) is 5.76. The molecule has 0 aliphatic heterocycles. The zero-order valence-electron chi connectivity index (χ0n) is 14.4. The number of thiophene rings is 2. The highest BCUT2D eigenvalue weighted by Gasteiger charge is 2.13. The Labute approximate surface area is 164 Å². The minimum absolute atomic E-state index is 0.120. The van der Waals surface area contributed by atoms with Crippen LogP contribution in [-0.2, 0) is 6.54 Å². The van der Waals surface area contributed by atoms with E-state index in [9.17, 15) is 14.4 Å². The smallest absolute Gasteiger partial charge is 0.261 e. The molecule has 0 aliphatic rings. The molecule has 6 nitrogen and oxygen atoms in total. The van der Waals surface area contributed by atoms with Crippen molar-refractivity contribution in [1.82, 2.24) is 5.32 Å². The standard InChI is InChI=1S/C19H17N3O3S2/c1-11-14(9-16(27-11)17(20)23)22-18(24)13-6-4-12(5-7-13)10-21-19(25)15-3-2-8-26-15/h2-9H,10H2,1H3,(H2,20,23)(H,21,25)(H,22,24). The Morgan fingerprint density at radius 2 is 1.78 bits per heavy atom. The molecule has 0 bridgehead atoms. The molecule has 4 N–H and O–H groups in total. The third-order valence-electron chi connectivity index (χ3n) is 3.82. The van der Waals surface area contributed by atoms with E-state index in [-0.39, 0.29) is 11.8 Å². The summed E-state index contributed by atoms with van der Waals surface area (Å²) in [5.74, 6) is -0.913. The minimum atomic E-state index is -0.516. The highest BCUT2D eigenvalue weighted by molar-refractivity contribution is 7.14. The van der Waals surface area contributed by atoms with Gasteiger partial charge in [0.05, 0.1) is 15.4 Å². The number of hydrogen-bond donors (Lipinski definition) is 3. The predicted octanol–water partition coefficient (Wildman–Crippen LogP) is 3.40. The fourth-order valence-electron chi connectivity index (χ4n) is 2.37. The lowest BCUT2D eigenvalue weighted by atomic mass is 10.1. The van der Waals surface area contributed by atoms with Gasteiger partial charge in [0, 0.05) is 17.0 Å². The lowest BCUT2D eigenvalue weighted by Gasteiger charge is -2.07. The highest BCUT2D eigenvalue weighted by atomic mass is 32.1. The van der Waals surface area contributed by atoms with Crippen LogP contribution in [0.2, 0.25) is 0 Å². The van der Waals surface area contributed by atoms with Crippen LogP contribution < -0.4 is 16.4 Å². The van der Waals surface area contributed by atoms with Gasteiger partial charge in [-0.25, -0.2) is 0 Å². The second kappa shape index (κ2) is 8.15. The van der Waals surface area contributed by atoms with Gasteiger partial charge in [0.25, 0.3) is 17.7 Å². The van der Waals surface area contributed by atoms with Crippen molar-refractivity contribution < 1.29 is 14.4 Å². The molecule has 3 aromatic rings. The Morgan fingerprint density at radius 1 is 1.04 bits per heavy atom. The zero-order valence-corrected chi connectivity index (χ0v) is 16.1. The number of primary amides is 1. The van der Waals surface area contributed by atoms with Crippen LogP contribution in [0.1, 0.15) is 40.1 Å². The van der Waals surface area contributed by atoms with Gasteiger partial charge in [-0.2, -0.15) is 0 Å². The van der Waals surface area contributed by atoms with E-state index < -0.39 is 5.91 Å². The molecule has 3 rings (SSSR count). The largest absolute Gasteiger partial charge is 0.365 e. The quantitative estimate of drug-likeness (QED) is 0.592. The van der Waals surface area contributed by atoms with Gasteiger partial charge in [-0.05, 0) is 42.1 Å². The van der Waals surface area contributed by atoms with Crippen molar-refractivity contribution in [2.24, 2.45) is 5.73 Å². The van der Waals surface area contributed by atoms with Crippen LogP contribution in [0, 0.1) is 6.92 Å². The van der Waals surface area contributed by atoms with Crippen molar-refractivity contribution in [2.45, 2.75) is 13.5 Å². The van der Waals surface area contributed by atoms with E-state index in [0.29, 0.717) is 27.5 Å². The number of benzene rings is 1. The van der Waals surface area contributed by atoms with Gasteiger partial charge in [-0.1, -0.05) is 18.2 Å². The molecule has 0 atom stereocenters. The lowest BCUT2D eigenvalue weighted by Crippen LogP contribution is -2.21. The van der Waals surface area contributed by atoms with Crippen LogP contribution in [0.4, 0.5) is 5.69 Å². The van der Waals surface area contributed by atoms with E-state index >= 15 is 0 Å². The van der Waals surface area contributed by atoms with E-state index in [2.05, 4.69) is 10.6 Å². The molecule has 0 saturated carbocycles. The first-order chi connectivity index (χ1) is 12.9. The van der Waals surface area contributed by atoms with Crippen molar-refractivity contribution >= 4 is 46.1 Å². The van der Waals surface area contributed by atoms with Crippen LogP contribution in [0.3, 0.4) is 0 Å². The number of hydrogen-bond acceptors (Lipinski definition) is 5. The number of anilines is 1. The van der Waals surface area contributed by atoms with Crippen LogP contribution in [0.25, 0.3) is 0 Å². The Kier molecular flexibility index (Phi) is 5.68. The molecule has 3 amide bonds. The van der Waals surface area contributed by atoms with Gasteiger partial charge >= 0.3 is 0 Å². The van der Waals surface area contributed by atoms with E-state index in [1.54, 1.807) is 36.4 Å². The monoisotopic (exact) mass is 399 g/mol. The first-order valence-corrected chi connectivity index (χ1v) is 9.76. The van der Waals surface area contributed by atoms with Crippen molar-refractivity contribution in [3.05, 3.63) is 73.6 Å². The summed E-state index contributed by atoms with van der Waals surface area (Å²) >= 11 is 2.63. The summed E-state index contributed by atoms with van der Waals surface area (Å²) in [4.78, 5) is 37.4. The number of carbonyl (C=O) groups excluding carboxylic acids is 3. The van der Waals surface area contributed by atoms with E-state index in [1.807, 2.05) is 18.4 Å². The molecule has 0 saturated heterocycles. The number of aryl methyl sites for hydroxylation is 1. The first kappa shape index (κ1) is 18.8. The van der Waals surface area contributed by atoms with Crippen molar-refractivity contribution in [1.29, 1.82) is 0 Å². The minimum Gasteiger partial charge on any atom is -0.365 e. The predicted molar refractivity (Wildman–Crippen MR) is 107 cm³/mol. The number of amides is 3. The van der Waals surface area contributed by atoms with Crippen molar-refractivity contribution in [3.63, 3.8) is 0 Å². The molecule has 2 aromatic heterocycles. The average molecular weight is 399 g/mol. The Bertz CT molecular complexity index is 976. The normalized spacial score (nSPS) is 10.4. The summed E-state index contributed by atoms with van der Waals surface area (Å²) in [5, 5.41) is 7.48. The molecule has 1 aromatic carbocycles. The second-order valence-corrected chi connectivity index (χ2v) is 7.96. The van der Waals surface area contributed by atoms with E-state index in [4.69, 9.17) is 5.73 Å². The molecule has 8 heteroatoms. The highest BCUT2D eigenvalue weighted by Crippen LogP contribution is 2.26. The Morgan fingerprint density at radius 3 is 2.37 bits per heavy atom. The maximum absolute atomic E-state index is 12.4. The van der Waals surface area contributed by atoms with Crippen LogP contribution in [0.15, 0.2) is 47.8 Å². The van der Waals surface area contributed by atoms with Gasteiger partial charge in [0.1, 0.15) is 0 Å². The topological polar surface area (TPSA) is 101 Å². The average Bonchev–Trinajstić information content (AvgIpc) is 3.31. The van der Waals surface area contributed by atoms with Gasteiger partial charge in [0.2, 0.25) is 0 Å². The lowest BCUT2D eigenvalue weighted by molar-refractivity contribution is 0.0953. The first-order valence-electron chi connectivity index (χ1n) is 8.06. The molecule has 0 unspecified atom stereocenters. The summed E-state index contributed by atoms with van der Waals surface area (Å²) in [5.41, 5.74) is 7.21. The van der Waals surface area contributed by atoms with Gasteiger partial charge < -0.3 is 16.4 Å². The van der Waals surface area contributed by atoms with Crippen molar-refractivity contribution in [3.8, 4) is 0 Å². The van der Waals surface area contributed by atoms with Gasteiger partial charge in [-0.15, -0.1) is 22.7 Å². The molecule has 0 spiro atoms. The molecule has 138 valence electrons. The summed E-state index contributed by atoms with van der Waals surface area (Å²) in [7, 11) is 0. The maximum atomic E-state index is 12.4. The summed E-state index contributed by atoms with van der Waals surface area (Å²) in [6.45, 7) is 2.19. The SMILES string of the molecule is Cc1sc(C(N)=O)cc1NC(=O)c1ccc(CNC(=O)c2cccs2)cc1. The molecule has 27 heavy (non-hydrogen) atoms. The molecule has 0 fully saturated rings. The third kappa shape index (κ3) is 4.60. The van der Waals surface area contributed by atoms with E-state index in [1.165, 1.54) is 22.7 Å². The number of carbonyl (C=O) groups is 3. The van der Waals surface area contributed by atoms with Gasteiger partial charge in [0.15, 0.2) is 0 Å². The summed E-state index contributed by atoms with van der Waals surface area (Å²) in [6.07, 6.45) is 0. The zero-order chi connectivity index (χ0) is 19.4. The van der Waals surface area contributed by atoms with Crippen molar-refractivity contribution in [2.75, 3.05) is 5.32 Å². The fraction of sp³-hybridized carbons (Fsp3) is 0.105. The van der Waals surface area contributed by atoms with E-state index in [0.717, 1.165) is 10.4 Å². The van der Waals surface area contributed by atoms with Gasteiger partial charge in [-0.3, -0.25) is 14.4 Å². The van der Waals surface area contributed by atoms with Crippen LogP contribution in [-0.4, -0.2) is 17.7 Å². The Balaban J connectivity index is 1.60. The fourth-order valence-corrected chi connectivity index (χ4v) is 3.84. The number of nitrogens with two attached hydrogens (primary N) is 1. The molecular weight excluding hydrogens is 382 g/mol.